The summed E-state index contributed by atoms with van der Waals surface area (Å²) >= 11 is 0. The number of hydrogen-bond acceptors (Lipinski definition) is 2. The molecule has 1 saturated heterocycles. The van der Waals surface area contributed by atoms with Crippen molar-refractivity contribution in [1.82, 2.24) is 5.32 Å². The fourth-order valence-electron chi connectivity index (χ4n) is 3.05. The highest BCUT2D eigenvalue weighted by atomic mass is 16.5. The first-order chi connectivity index (χ1) is 9.60. The highest BCUT2D eigenvalue weighted by Crippen LogP contribution is 2.25. The zero-order chi connectivity index (χ0) is 14.5. The van der Waals surface area contributed by atoms with E-state index in [1.165, 1.54) is 29.5 Å². The summed E-state index contributed by atoms with van der Waals surface area (Å²) in [4.78, 5) is 0. The van der Waals surface area contributed by atoms with Crippen molar-refractivity contribution in [3.05, 3.63) is 34.9 Å². The third-order valence-corrected chi connectivity index (χ3v) is 4.48. The quantitative estimate of drug-likeness (QED) is 0.856. The molecule has 1 aliphatic heterocycles. The Morgan fingerprint density at radius 2 is 2.10 bits per heavy atom. The van der Waals surface area contributed by atoms with E-state index in [0.29, 0.717) is 18.1 Å². The Labute approximate surface area is 123 Å². The topological polar surface area (TPSA) is 21.3 Å². The average Bonchev–Trinajstić information content (AvgIpc) is 2.85. The predicted octanol–water partition coefficient (Wildman–Crippen LogP) is 3.64. The van der Waals surface area contributed by atoms with E-state index in [4.69, 9.17) is 4.74 Å². The predicted molar refractivity (Wildman–Crippen MR) is 85.2 cm³/mol. The van der Waals surface area contributed by atoms with Crippen LogP contribution >= 0.6 is 0 Å². The Morgan fingerprint density at radius 1 is 1.30 bits per heavy atom. The van der Waals surface area contributed by atoms with Crippen LogP contribution in [-0.4, -0.2) is 25.3 Å². The molecule has 112 valence electrons. The van der Waals surface area contributed by atoms with Gasteiger partial charge < -0.3 is 10.1 Å². The molecule has 20 heavy (non-hydrogen) atoms. The van der Waals surface area contributed by atoms with E-state index in [-0.39, 0.29) is 0 Å². The maximum Gasteiger partial charge on any atom is 0.0551 e. The minimum atomic E-state index is 0.422. The van der Waals surface area contributed by atoms with Crippen molar-refractivity contribution in [1.29, 1.82) is 0 Å². The minimum Gasteiger partial charge on any atom is -0.378 e. The molecule has 0 amide bonds. The molecular weight excluding hydrogens is 246 g/mol. The van der Waals surface area contributed by atoms with Crippen molar-refractivity contribution in [2.24, 2.45) is 5.92 Å². The summed E-state index contributed by atoms with van der Waals surface area (Å²) in [6.07, 6.45) is 3.91. The number of aryl methyl sites for hydroxylation is 2. The summed E-state index contributed by atoms with van der Waals surface area (Å²) in [6.45, 7) is 10.8. The molecule has 0 aromatic heterocycles. The lowest BCUT2D eigenvalue weighted by atomic mass is 9.90. The van der Waals surface area contributed by atoms with E-state index in [9.17, 15) is 0 Å². The standard InChI is InChI=1S/C18H29NO/c1-5-8-19-18(17-10-15(4)20-12-17)11-16-7-6-13(2)14(3)9-16/h6-7,9,15,17-19H,5,8,10-12H2,1-4H3. The van der Waals surface area contributed by atoms with Crippen LogP contribution < -0.4 is 5.32 Å². The first-order valence-electron chi connectivity index (χ1n) is 8.01. The summed E-state index contributed by atoms with van der Waals surface area (Å²) in [5.41, 5.74) is 4.22. The van der Waals surface area contributed by atoms with Crippen LogP contribution in [0.5, 0.6) is 0 Å². The highest BCUT2D eigenvalue weighted by molar-refractivity contribution is 5.30. The van der Waals surface area contributed by atoms with Gasteiger partial charge in [0, 0.05) is 12.0 Å². The third kappa shape index (κ3) is 4.07. The van der Waals surface area contributed by atoms with E-state index in [1.54, 1.807) is 0 Å². The SMILES string of the molecule is CCCNC(Cc1ccc(C)c(C)c1)C1COC(C)C1. The number of ether oxygens (including phenoxy) is 1. The minimum absolute atomic E-state index is 0.422. The third-order valence-electron chi connectivity index (χ3n) is 4.48. The lowest BCUT2D eigenvalue weighted by molar-refractivity contribution is 0.117. The van der Waals surface area contributed by atoms with E-state index < -0.39 is 0 Å². The molecule has 2 nitrogen and oxygen atoms in total. The molecule has 0 spiro atoms. The Balaban J connectivity index is 2.04. The van der Waals surface area contributed by atoms with Crippen LogP contribution in [0.3, 0.4) is 0 Å². The smallest absolute Gasteiger partial charge is 0.0551 e. The van der Waals surface area contributed by atoms with Crippen LogP contribution in [0.25, 0.3) is 0 Å². The fourth-order valence-corrected chi connectivity index (χ4v) is 3.05. The van der Waals surface area contributed by atoms with E-state index in [2.05, 4.69) is 51.2 Å². The van der Waals surface area contributed by atoms with Gasteiger partial charge in [0.2, 0.25) is 0 Å². The zero-order valence-electron chi connectivity index (χ0n) is 13.4. The molecule has 0 saturated carbocycles. The number of benzene rings is 1. The highest BCUT2D eigenvalue weighted by Gasteiger charge is 2.29. The van der Waals surface area contributed by atoms with E-state index in [0.717, 1.165) is 19.6 Å². The molecule has 0 radical (unpaired) electrons. The van der Waals surface area contributed by atoms with Gasteiger partial charge in [0.25, 0.3) is 0 Å². The maximum atomic E-state index is 5.77. The Hall–Kier alpha value is -0.860. The molecule has 0 aliphatic carbocycles. The average molecular weight is 275 g/mol. The molecule has 0 bridgehead atoms. The van der Waals surface area contributed by atoms with E-state index in [1.807, 2.05) is 0 Å². The largest absolute Gasteiger partial charge is 0.378 e. The number of nitrogens with one attached hydrogen (secondary N) is 1. The molecule has 1 aliphatic rings. The molecule has 1 N–H and O–H groups in total. The lowest BCUT2D eigenvalue weighted by Crippen LogP contribution is -2.39. The van der Waals surface area contributed by atoms with E-state index >= 15 is 0 Å². The Kier molecular flexibility index (Phi) is 5.62. The summed E-state index contributed by atoms with van der Waals surface area (Å²) in [5, 5.41) is 3.73. The zero-order valence-corrected chi connectivity index (χ0v) is 13.4. The van der Waals surface area contributed by atoms with Gasteiger partial charge in [-0.3, -0.25) is 0 Å². The van der Waals surface area contributed by atoms with Crippen molar-refractivity contribution in [3.8, 4) is 0 Å². The first-order valence-corrected chi connectivity index (χ1v) is 8.01. The summed E-state index contributed by atoms with van der Waals surface area (Å²) in [7, 11) is 0. The number of rotatable bonds is 6. The first kappa shape index (κ1) is 15.5. The molecule has 3 atom stereocenters. The van der Waals surface area contributed by atoms with Crippen molar-refractivity contribution >= 4 is 0 Å². The monoisotopic (exact) mass is 275 g/mol. The molecule has 1 heterocycles. The normalized spacial score (nSPS) is 24.0. The molecule has 2 heteroatoms. The molecule has 1 fully saturated rings. The summed E-state index contributed by atoms with van der Waals surface area (Å²) < 4.78 is 5.77. The van der Waals surface area contributed by atoms with Gasteiger partial charge in [-0.1, -0.05) is 25.1 Å². The van der Waals surface area contributed by atoms with Gasteiger partial charge >= 0.3 is 0 Å². The Bertz CT molecular complexity index is 429. The second-order valence-corrected chi connectivity index (χ2v) is 6.32. The molecule has 2 rings (SSSR count). The summed E-state index contributed by atoms with van der Waals surface area (Å²) in [6, 6.07) is 7.41. The van der Waals surface area contributed by atoms with Crippen molar-refractivity contribution in [3.63, 3.8) is 0 Å². The fraction of sp³-hybridized carbons (Fsp3) is 0.667. The molecule has 1 aromatic carbocycles. The second-order valence-electron chi connectivity index (χ2n) is 6.32. The molecule has 3 unspecified atom stereocenters. The van der Waals surface area contributed by atoms with Crippen LogP contribution in [0.1, 0.15) is 43.4 Å². The lowest BCUT2D eigenvalue weighted by Gasteiger charge is -2.24. The van der Waals surface area contributed by atoms with Gasteiger partial charge in [0.1, 0.15) is 0 Å². The molecule has 1 aromatic rings. The summed E-state index contributed by atoms with van der Waals surface area (Å²) in [5.74, 6) is 0.651. The van der Waals surface area contributed by atoms with Gasteiger partial charge in [-0.15, -0.1) is 0 Å². The van der Waals surface area contributed by atoms with Crippen LogP contribution in [0.2, 0.25) is 0 Å². The van der Waals surface area contributed by atoms with Gasteiger partial charge in [0.05, 0.1) is 12.7 Å². The van der Waals surface area contributed by atoms with Crippen LogP contribution in [-0.2, 0) is 11.2 Å². The van der Waals surface area contributed by atoms with Crippen LogP contribution in [0.15, 0.2) is 18.2 Å². The van der Waals surface area contributed by atoms with Crippen molar-refractivity contribution in [2.75, 3.05) is 13.2 Å². The van der Waals surface area contributed by atoms with Gasteiger partial charge in [-0.05, 0) is 63.3 Å². The van der Waals surface area contributed by atoms with Gasteiger partial charge in [0.15, 0.2) is 0 Å². The van der Waals surface area contributed by atoms with Crippen molar-refractivity contribution < 1.29 is 4.74 Å². The second kappa shape index (κ2) is 7.24. The van der Waals surface area contributed by atoms with Gasteiger partial charge in [-0.2, -0.15) is 0 Å². The van der Waals surface area contributed by atoms with Crippen LogP contribution in [0, 0.1) is 19.8 Å². The molecular formula is C18H29NO. The van der Waals surface area contributed by atoms with Gasteiger partial charge in [-0.25, -0.2) is 0 Å². The van der Waals surface area contributed by atoms with Crippen LogP contribution in [0.4, 0.5) is 0 Å². The maximum absolute atomic E-state index is 5.77. The van der Waals surface area contributed by atoms with Crippen molar-refractivity contribution in [2.45, 2.75) is 59.1 Å². The Morgan fingerprint density at radius 3 is 2.70 bits per heavy atom. The number of hydrogen-bond donors (Lipinski definition) is 1.